The summed E-state index contributed by atoms with van der Waals surface area (Å²) >= 11 is 0. The lowest BCUT2D eigenvalue weighted by Crippen LogP contribution is -2.25. The lowest BCUT2D eigenvalue weighted by atomic mass is 9.79. The third-order valence-electron chi connectivity index (χ3n) is 6.58. The Labute approximate surface area is 219 Å². The Morgan fingerprint density at radius 3 is 1.76 bits per heavy atom. The van der Waals surface area contributed by atoms with Crippen molar-refractivity contribution in [2.24, 2.45) is 0 Å². The van der Waals surface area contributed by atoms with Crippen LogP contribution in [0.4, 0.5) is 13.2 Å². The van der Waals surface area contributed by atoms with E-state index in [2.05, 4.69) is 6.92 Å². The average Bonchev–Trinajstić information content (AvgIpc) is 2.79. The number of aromatic hydroxyl groups is 1. The van der Waals surface area contributed by atoms with Crippen molar-refractivity contribution in [2.75, 3.05) is 0 Å². The molecule has 37 heavy (non-hydrogen) atoms. The standard InChI is InChI=1S/C32H39F3O2/c1-8-9-10-11-21-12-14-22(15-13-21)23-16-17-25(28(33)18-23)32(34,35)37-24-19-26(30(2,3)4)29(36)27(20-24)31(5,6)7/h12-20,36H,8-11H2,1-7H3. The molecule has 0 saturated heterocycles. The first-order valence-corrected chi connectivity index (χ1v) is 13.0. The number of unbranched alkanes of at least 4 members (excludes halogenated alkanes) is 2. The molecule has 0 aliphatic carbocycles. The van der Waals surface area contributed by atoms with Gasteiger partial charge < -0.3 is 9.84 Å². The highest BCUT2D eigenvalue weighted by atomic mass is 19.3. The van der Waals surface area contributed by atoms with Gasteiger partial charge >= 0.3 is 6.11 Å². The number of halogens is 3. The summed E-state index contributed by atoms with van der Waals surface area (Å²) in [7, 11) is 0. The van der Waals surface area contributed by atoms with Gasteiger partial charge in [-0.05, 0) is 64.6 Å². The van der Waals surface area contributed by atoms with Crippen molar-refractivity contribution < 1.29 is 23.0 Å². The fourth-order valence-electron chi connectivity index (χ4n) is 4.39. The van der Waals surface area contributed by atoms with Crippen molar-refractivity contribution in [1.82, 2.24) is 0 Å². The Bertz CT molecular complexity index is 1180. The molecule has 0 amide bonds. The zero-order chi connectivity index (χ0) is 27.6. The predicted molar refractivity (Wildman–Crippen MR) is 145 cm³/mol. The minimum absolute atomic E-state index is 0.0579. The predicted octanol–water partition coefficient (Wildman–Crippen LogP) is 9.65. The van der Waals surface area contributed by atoms with Gasteiger partial charge in [-0.2, -0.15) is 8.78 Å². The molecule has 0 aromatic heterocycles. The first kappa shape index (κ1) is 28.6. The molecular formula is C32H39F3O2. The number of hydrogen-bond donors (Lipinski definition) is 1. The van der Waals surface area contributed by atoms with E-state index in [1.807, 2.05) is 65.8 Å². The molecule has 0 spiro atoms. The van der Waals surface area contributed by atoms with Crippen LogP contribution in [0.1, 0.15) is 90.0 Å². The van der Waals surface area contributed by atoms with Gasteiger partial charge in [0.25, 0.3) is 0 Å². The van der Waals surface area contributed by atoms with E-state index in [9.17, 15) is 5.11 Å². The molecule has 1 N–H and O–H groups in total. The Morgan fingerprint density at radius 1 is 0.730 bits per heavy atom. The van der Waals surface area contributed by atoms with Crippen molar-refractivity contribution >= 4 is 0 Å². The fourth-order valence-corrected chi connectivity index (χ4v) is 4.39. The van der Waals surface area contributed by atoms with Crippen LogP contribution < -0.4 is 4.74 Å². The van der Waals surface area contributed by atoms with Crippen LogP contribution in [0, 0.1) is 5.82 Å². The van der Waals surface area contributed by atoms with Crippen molar-refractivity contribution in [3.8, 4) is 22.6 Å². The molecule has 200 valence electrons. The summed E-state index contributed by atoms with van der Waals surface area (Å²) < 4.78 is 50.7. The second kappa shape index (κ2) is 10.8. The van der Waals surface area contributed by atoms with Gasteiger partial charge in [0, 0.05) is 11.1 Å². The van der Waals surface area contributed by atoms with Crippen molar-refractivity contribution in [3.05, 3.63) is 82.7 Å². The normalized spacial score (nSPS) is 12.6. The van der Waals surface area contributed by atoms with Crippen LogP contribution >= 0.6 is 0 Å². The zero-order valence-corrected chi connectivity index (χ0v) is 23.0. The van der Waals surface area contributed by atoms with Gasteiger partial charge in [0.15, 0.2) is 0 Å². The maximum atomic E-state index is 15.3. The van der Waals surface area contributed by atoms with Gasteiger partial charge in [-0.3, -0.25) is 0 Å². The quantitative estimate of drug-likeness (QED) is 0.304. The summed E-state index contributed by atoms with van der Waals surface area (Å²) in [5.74, 6) is -1.11. The average molecular weight is 513 g/mol. The minimum Gasteiger partial charge on any atom is -0.507 e. The van der Waals surface area contributed by atoms with Gasteiger partial charge in [0.05, 0.1) is 5.56 Å². The third kappa shape index (κ3) is 6.88. The fraction of sp³-hybridized carbons (Fsp3) is 0.438. The van der Waals surface area contributed by atoms with E-state index >= 15 is 13.2 Å². The minimum atomic E-state index is -3.91. The summed E-state index contributed by atoms with van der Waals surface area (Å²) in [6.07, 6.45) is 0.511. The van der Waals surface area contributed by atoms with E-state index in [1.54, 1.807) is 0 Å². The number of phenolic OH excluding ortho intramolecular Hbond substituents is 1. The number of ether oxygens (including phenoxy) is 1. The van der Waals surface area contributed by atoms with Crippen LogP contribution in [0.2, 0.25) is 0 Å². The second-order valence-electron chi connectivity index (χ2n) is 11.8. The number of alkyl halides is 2. The van der Waals surface area contributed by atoms with Gasteiger partial charge in [-0.25, -0.2) is 4.39 Å². The Kier molecular flexibility index (Phi) is 8.36. The van der Waals surface area contributed by atoms with E-state index in [0.717, 1.165) is 37.0 Å². The van der Waals surface area contributed by atoms with Crippen molar-refractivity contribution in [1.29, 1.82) is 0 Å². The van der Waals surface area contributed by atoms with Crippen LogP contribution in [0.25, 0.3) is 11.1 Å². The molecule has 3 aromatic rings. The second-order valence-corrected chi connectivity index (χ2v) is 11.8. The van der Waals surface area contributed by atoms with Gasteiger partial charge in [-0.15, -0.1) is 0 Å². The highest BCUT2D eigenvalue weighted by molar-refractivity contribution is 5.64. The summed E-state index contributed by atoms with van der Waals surface area (Å²) in [5, 5.41) is 10.9. The van der Waals surface area contributed by atoms with Gasteiger partial charge in [0.1, 0.15) is 17.3 Å². The maximum absolute atomic E-state index is 15.3. The molecule has 3 aromatic carbocycles. The highest BCUT2D eigenvalue weighted by Gasteiger charge is 2.39. The lowest BCUT2D eigenvalue weighted by molar-refractivity contribution is -0.187. The summed E-state index contributed by atoms with van der Waals surface area (Å²) in [6, 6.07) is 14.3. The molecule has 3 rings (SSSR count). The van der Waals surface area contributed by atoms with E-state index in [4.69, 9.17) is 4.74 Å². The molecule has 0 radical (unpaired) electrons. The van der Waals surface area contributed by atoms with Crippen LogP contribution in [-0.4, -0.2) is 5.11 Å². The SMILES string of the molecule is CCCCCc1ccc(-c2ccc(C(F)(F)Oc3cc(C(C)(C)C)c(O)c(C(C)(C)C)c3)c(F)c2)cc1. The van der Waals surface area contributed by atoms with Crippen LogP contribution in [0.15, 0.2) is 54.6 Å². The van der Waals surface area contributed by atoms with E-state index in [1.165, 1.54) is 30.2 Å². The number of hydrogen-bond acceptors (Lipinski definition) is 2. The summed E-state index contributed by atoms with van der Waals surface area (Å²) in [5.41, 5.74) is 1.58. The molecule has 0 aliphatic heterocycles. The molecule has 0 unspecified atom stereocenters. The third-order valence-corrected chi connectivity index (χ3v) is 6.58. The molecule has 5 heteroatoms. The van der Waals surface area contributed by atoms with Crippen molar-refractivity contribution in [2.45, 2.75) is 91.1 Å². The first-order valence-electron chi connectivity index (χ1n) is 13.0. The molecule has 0 heterocycles. The summed E-state index contributed by atoms with van der Waals surface area (Å²) in [6.45, 7) is 13.4. The Morgan fingerprint density at radius 2 is 1.27 bits per heavy atom. The van der Waals surface area contributed by atoms with Crippen LogP contribution in [0.5, 0.6) is 11.5 Å². The van der Waals surface area contributed by atoms with Crippen LogP contribution in [0.3, 0.4) is 0 Å². The Hall–Kier alpha value is -2.95. The Balaban J connectivity index is 1.90. The topological polar surface area (TPSA) is 29.5 Å². The molecule has 0 aliphatic rings. The summed E-state index contributed by atoms with van der Waals surface area (Å²) in [4.78, 5) is 0. The number of aryl methyl sites for hydroxylation is 1. The monoisotopic (exact) mass is 512 g/mol. The zero-order valence-electron chi connectivity index (χ0n) is 23.0. The number of benzene rings is 3. The maximum Gasteiger partial charge on any atom is 0.429 e. The lowest BCUT2D eigenvalue weighted by Gasteiger charge is -2.29. The first-order chi connectivity index (χ1) is 17.1. The van der Waals surface area contributed by atoms with Crippen LogP contribution in [-0.2, 0) is 23.4 Å². The molecule has 0 atom stereocenters. The molecule has 0 saturated carbocycles. The van der Waals surface area contributed by atoms with Crippen molar-refractivity contribution in [3.63, 3.8) is 0 Å². The van der Waals surface area contributed by atoms with E-state index in [0.29, 0.717) is 16.7 Å². The van der Waals surface area contributed by atoms with Gasteiger partial charge in [-0.1, -0.05) is 91.6 Å². The van der Waals surface area contributed by atoms with E-state index in [-0.39, 0.29) is 11.5 Å². The molecular weight excluding hydrogens is 473 g/mol. The van der Waals surface area contributed by atoms with Gasteiger partial charge in [0.2, 0.25) is 0 Å². The molecule has 0 bridgehead atoms. The number of phenols is 1. The molecule has 0 fully saturated rings. The smallest absolute Gasteiger partial charge is 0.429 e. The molecule has 2 nitrogen and oxygen atoms in total. The number of rotatable bonds is 8. The van der Waals surface area contributed by atoms with E-state index < -0.39 is 28.3 Å². The largest absolute Gasteiger partial charge is 0.507 e. The highest BCUT2D eigenvalue weighted by Crippen LogP contribution is 2.44.